The molecule has 0 unspecified atom stereocenters. The largest absolute Gasteiger partial charge is 0.322 e. The summed E-state index contributed by atoms with van der Waals surface area (Å²) in [5, 5.41) is 14.2. The highest BCUT2D eigenvalue weighted by atomic mass is 32.2. The number of aromatic nitrogens is 5. The van der Waals surface area contributed by atoms with E-state index in [1.807, 2.05) is 48.5 Å². The van der Waals surface area contributed by atoms with Crippen molar-refractivity contribution in [2.24, 2.45) is 0 Å². The van der Waals surface area contributed by atoms with Crippen molar-refractivity contribution in [1.29, 1.82) is 0 Å². The number of anilines is 3. The van der Waals surface area contributed by atoms with Gasteiger partial charge in [-0.1, -0.05) is 39.0 Å². The highest BCUT2D eigenvalue weighted by Gasteiger charge is 2.28. The Morgan fingerprint density at radius 2 is 1.74 bits per heavy atom. The zero-order valence-corrected chi connectivity index (χ0v) is 20.7. The number of nitrogens with zero attached hydrogens (tertiary/aromatic N) is 4. The number of carbonyl (C=O) groups is 1. The molecule has 2 aromatic carbocycles. The van der Waals surface area contributed by atoms with E-state index in [2.05, 4.69) is 51.6 Å². The van der Waals surface area contributed by atoms with Crippen LogP contribution in [-0.2, 0) is 5.41 Å². The van der Waals surface area contributed by atoms with Gasteiger partial charge in [0.25, 0.3) is 5.91 Å². The molecule has 0 spiro atoms. The van der Waals surface area contributed by atoms with Crippen molar-refractivity contribution in [3.63, 3.8) is 0 Å². The minimum Gasteiger partial charge on any atom is -0.322 e. The molecular formula is C26H27N7OS. The van der Waals surface area contributed by atoms with E-state index in [1.54, 1.807) is 12.1 Å². The van der Waals surface area contributed by atoms with Gasteiger partial charge in [0, 0.05) is 39.2 Å². The van der Waals surface area contributed by atoms with E-state index in [1.165, 1.54) is 11.8 Å². The van der Waals surface area contributed by atoms with E-state index in [0.717, 1.165) is 34.9 Å². The Labute approximate surface area is 208 Å². The Kier molecular flexibility index (Phi) is 6.25. The fraction of sp³-hybridized carbons (Fsp3) is 0.269. The average molecular weight is 486 g/mol. The van der Waals surface area contributed by atoms with Crippen LogP contribution in [0.15, 0.2) is 70.7 Å². The predicted octanol–water partition coefficient (Wildman–Crippen LogP) is 5.92. The second-order valence-corrected chi connectivity index (χ2v) is 10.6. The lowest BCUT2D eigenvalue weighted by molar-refractivity contribution is 0.102. The Morgan fingerprint density at radius 3 is 2.40 bits per heavy atom. The minimum atomic E-state index is -0.138. The summed E-state index contributed by atoms with van der Waals surface area (Å²) in [5.74, 6) is 2.22. The molecule has 8 nitrogen and oxygen atoms in total. The van der Waals surface area contributed by atoms with Gasteiger partial charge >= 0.3 is 0 Å². The lowest BCUT2D eigenvalue weighted by Crippen LogP contribution is -2.11. The number of amides is 1. The van der Waals surface area contributed by atoms with Crippen LogP contribution in [0.5, 0.6) is 0 Å². The van der Waals surface area contributed by atoms with Gasteiger partial charge < -0.3 is 10.6 Å². The topological polar surface area (TPSA) is 108 Å². The molecule has 1 fully saturated rings. The van der Waals surface area contributed by atoms with E-state index < -0.39 is 0 Å². The van der Waals surface area contributed by atoms with Crippen molar-refractivity contribution >= 4 is 35.1 Å². The summed E-state index contributed by atoms with van der Waals surface area (Å²) in [6, 6.07) is 18.8. The van der Waals surface area contributed by atoms with Crippen LogP contribution in [0.3, 0.4) is 0 Å². The lowest BCUT2D eigenvalue weighted by atomic mass is 9.92. The van der Waals surface area contributed by atoms with Gasteiger partial charge in [0.05, 0.1) is 0 Å². The van der Waals surface area contributed by atoms with E-state index in [4.69, 9.17) is 4.98 Å². The van der Waals surface area contributed by atoms with Gasteiger partial charge in [-0.25, -0.2) is 4.98 Å². The number of H-pyrrole nitrogens is 1. The molecule has 0 saturated heterocycles. The molecule has 0 radical (unpaired) electrons. The molecule has 4 aromatic rings. The number of carbonyl (C=O) groups excluding carboxylic acids is 1. The van der Waals surface area contributed by atoms with E-state index in [-0.39, 0.29) is 11.3 Å². The summed E-state index contributed by atoms with van der Waals surface area (Å²) < 4.78 is 0. The van der Waals surface area contributed by atoms with Crippen molar-refractivity contribution < 1.29 is 4.79 Å². The third-order valence-corrected chi connectivity index (χ3v) is 6.43. The van der Waals surface area contributed by atoms with Crippen molar-refractivity contribution in [2.45, 2.75) is 55.0 Å². The molecule has 1 amide bonds. The number of hydrogen-bond donors (Lipinski definition) is 3. The number of aromatic amines is 1. The molecule has 2 aromatic heterocycles. The molecule has 1 aliphatic rings. The number of rotatable bonds is 7. The summed E-state index contributed by atoms with van der Waals surface area (Å²) in [5.41, 5.74) is 2.35. The second kappa shape index (κ2) is 9.50. The summed E-state index contributed by atoms with van der Waals surface area (Å²) in [6.45, 7) is 6.39. The van der Waals surface area contributed by atoms with Crippen LogP contribution in [0.4, 0.5) is 17.5 Å². The number of nitrogens with one attached hydrogen (secondary N) is 3. The quantitative estimate of drug-likeness (QED) is 0.298. The van der Waals surface area contributed by atoms with Crippen molar-refractivity contribution in [2.75, 3.05) is 10.6 Å². The molecule has 5 rings (SSSR count). The Balaban J connectivity index is 1.30. The van der Waals surface area contributed by atoms with Gasteiger partial charge in [0.1, 0.15) is 5.82 Å². The lowest BCUT2D eigenvalue weighted by Gasteiger charge is -2.14. The SMILES string of the molecule is CC(C)(C)c1cc(Nc2nc(Sc3ccc(NC(=O)c4ccccc4)cc3)nc(C3CC3)n2)n[nH]1. The Bertz CT molecular complexity index is 1330. The molecule has 0 bridgehead atoms. The van der Waals surface area contributed by atoms with Gasteiger partial charge in [-0.15, -0.1) is 0 Å². The first-order valence-electron chi connectivity index (χ1n) is 11.6. The van der Waals surface area contributed by atoms with Crippen LogP contribution in [0.25, 0.3) is 0 Å². The van der Waals surface area contributed by atoms with Crippen molar-refractivity contribution in [3.05, 3.63) is 77.7 Å². The summed E-state index contributed by atoms with van der Waals surface area (Å²) in [7, 11) is 0. The van der Waals surface area contributed by atoms with Gasteiger partial charge in [-0.3, -0.25) is 9.89 Å². The van der Waals surface area contributed by atoms with Crippen molar-refractivity contribution in [3.8, 4) is 0 Å². The van der Waals surface area contributed by atoms with E-state index in [0.29, 0.717) is 28.4 Å². The maximum Gasteiger partial charge on any atom is 0.255 e. The molecule has 2 heterocycles. The van der Waals surface area contributed by atoms with Crippen LogP contribution in [-0.4, -0.2) is 31.1 Å². The van der Waals surface area contributed by atoms with Gasteiger partial charge in [-0.2, -0.15) is 15.1 Å². The molecular weight excluding hydrogens is 458 g/mol. The second-order valence-electron chi connectivity index (χ2n) is 9.56. The molecule has 178 valence electrons. The van der Waals surface area contributed by atoms with Crippen LogP contribution >= 0.6 is 11.8 Å². The highest BCUT2D eigenvalue weighted by Crippen LogP contribution is 2.39. The fourth-order valence-electron chi connectivity index (χ4n) is 3.39. The molecule has 9 heteroatoms. The van der Waals surface area contributed by atoms with E-state index in [9.17, 15) is 4.79 Å². The van der Waals surface area contributed by atoms with Crippen molar-refractivity contribution in [1.82, 2.24) is 25.1 Å². The molecule has 1 aliphatic carbocycles. The normalized spacial score (nSPS) is 13.5. The zero-order valence-electron chi connectivity index (χ0n) is 19.9. The monoisotopic (exact) mass is 485 g/mol. The Morgan fingerprint density at radius 1 is 1.00 bits per heavy atom. The standard InChI is InChI=1S/C26H27N7OS/c1-26(2,3)20-15-21(33-32-20)28-24-29-22(16-9-10-16)30-25(31-24)35-19-13-11-18(12-14-19)27-23(34)17-7-5-4-6-8-17/h4-8,11-16H,9-10H2,1-3H3,(H,27,34)(H2,28,29,30,31,32,33). The van der Waals surface area contributed by atoms with Crippen LogP contribution in [0.2, 0.25) is 0 Å². The van der Waals surface area contributed by atoms with Crippen LogP contribution in [0, 0.1) is 0 Å². The fourth-order valence-corrected chi connectivity index (χ4v) is 4.14. The van der Waals surface area contributed by atoms with Gasteiger partial charge in [0.2, 0.25) is 5.95 Å². The van der Waals surface area contributed by atoms with Gasteiger partial charge in [-0.05, 0) is 61.0 Å². The van der Waals surface area contributed by atoms with E-state index >= 15 is 0 Å². The number of benzene rings is 2. The third kappa shape index (κ3) is 5.86. The third-order valence-electron chi connectivity index (χ3n) is 5.56. The summed E-state index contributed by atoms with van der Waals surface area (Å²) >= 11 is 1.46. The molecule has 0 aliphatic heterocycles. The van der Waals surface area contributed by atoms with Crippen LogP contribution < -0.4 is 10.6 Å². The average Bonchev–Trinajstić information content (AvgIpc) is 3.58. The molecule has 35 heavy (non-hydrogen) atoms. The minimum absolute atomic E-state index is 0.0288. The zero-order chi connectivity index (χ0) is 24.4. The van der Waals surface area contributed by atoms with Crippen LogP contribution in [0.1, 0.15) is 61.4 Å². The smallest absolute Gasteiger partial charge is 0.255 e. The molecule has 3 N–H and O–H groups in total. The predicted molar refractivity (Wildman–Crippen MR) is 137 cm³/mol. The summed E-state index contributed by atoms with van der Waals surface area (Å²) in [4.78, 5) is 27.3. The Hall–Kier alpha value is -3.72. The first-order chi connectivity index (χ1) is 16.8. The first-order valence-corrected chi connectivity index (χ1v) is 12.4. The maximum atomic E-state index is 12.4. The van der Waals surface area contributed by atoms with Gasteiger partial charge in [0.15, 0.2) is 11.0 Å². The first kappa shape index (κ1) is 23.0. The molecule has 1 saturated carbocycles. The highest BCUT2D eigenvalue weighted by molar-refractivity contribution is 7.99. The number of hydrogen-bond acceptors (Lipinski definition) is 7. The molecule has 0 atom stereocenters. The summed E-state index contributed by atoms with van der Waals surface area (Å²) in [6.07, 6.45) is 2.19. The maximum absolute atomic E-state index is 12.4.